The van der Waals surface area contributed by atoms with E-state index in [9.17, 15) is 14.4 Å². The average Bonchev–Trinajstić information content (AvgIpc) is 3.91. The van der Waals surface area contributed by atoms with Crippen molar-refractivity contribution in [3.8, 4) is 0 Å². The van der Waals surface area contributed by atoms with Gasteiger partial charge in [-0.1, -0.05) is 95.8 Å². The number of hydrogen-bond donors (Lipinski definition) is 0. The van der Waals surface area contributed by atoms with Crippen LogP contribution in [0, 0.1) is 11.8 Å². The fourth-order valence-electron chi connectivity index (χ4n) is 12.4. The molecule has 0 saturated carbocycles. The number of halogens is 1. The Morgan fingerprint density at radius 1 is 0.842 bits per heavy atom. The normalized spacial score (nSPS) is 36.1. The molecule has 9 rings (SSSR count). The number of ether oxygens (including phenoxy) is 9. The zero-order valence-electron chi connectivity index (χ0n) is 47.7. The fraction of sp³-hybridized carbons (Fsp3) is 0.780. The van der Waals surface area contributed by atoms with Crippen LogP contribution >= 0.6 is 15.9 Å². The van der Waals surface area contributed by atoms with E-state index in [-0.39, 0.29) is 108 Å². The van der Waals surface area contributed by atoms with E-state index in [1.54, 1.807) is 19.2 Å². The first-order chi connectivity index (χ1) is 35.7. The van der Waals surface area contributed by atoms with Gasteiger partial charge in [0.25, 0.3) is 0 Å². The molecule has 0 spiro atoms. The molecule has 17 heteroatoms. The number of esters is 1. The number of rotatable bonds is 24. The molecule has 1 aromatic carbocycles. The van der Waals surface area contributed by atoms with Crippen LogP contribution in [0.3, 0.4) is 0 Å². The molecule has 0 aromatic heterocycles. The average molecular weight is 1160 g/mol. The van der Waals surface area contributed by atoms with Crippen LogP contribution < -0.4 is 0 Å². The van der Waals surface area contributed by atoms with Crippen LogP contribution in [0.25, 0.3) is 0 Å². The van der Waals surface area contributed by atoms with Gasteiger partial charge in [0, 0.05) is 64.4 Å². The van der Waals surface area contributed by atoms with Crippen LogP contribution in [-0.2, 0) is 61.1 Å². The first-order valence-corrected chi connectivity index (χ1v) is 35.0. The van der Waals surface area contributed by atoms with Crippen LogP contribution in [0.4, 0.5) is 0 Å². The molecule has 14 nitrogen and oxygen atoms in total. The van der Waals surface area contributed by atoms with Gasteiger partial charge in [-0.05, 0) is 96.5 Å². The molecule has 0 radical (unpaired) electrons. The van der Waals surface area contributed by atoms with Crippen molar-refractivity contribution >= 4 is 50.6 Å². The first-order valence-electron chi connectivity index (χ1n) is 28.4. The van der Waals surface area contributed by atoms with E-state index in [4.69, 9.17) is 51.5 Å². The topological polar surface area (TPSA) is 153 Å². The standard InChI is InChI=1S/C59H91BrO14Si2/c1-35-27-40(21-18-26-61)66-46(37(35)3)32-47-44(50(64-10)48(69-47)31-43(74-76(13,14)58(7,8)9)34-65-75(11,12)57(4,5)6)30-39(62)29-41-22-23-45-51(67-41)55-54-53(70-45)52-49(71-54)33-59(72-52,73-55)25-24-42(28-36(2)60)68-56(63)38-19-16-15-17-20-38/h15-17,19-20,26,35,40-55H,2-3,18,21-25,27-34H2,1,4-14H3/t35-,40+,41-,42?,43?,44+,45+,46-,47+,48-,49-,50-,51+,52+,53+,54?,55+,59+/m1/s1. The highest BCUT2D eigenvalue weighted by Crippen LogP contribution is 2.54. The zero-order valence-corrected chi connectivity index (χ0v) is 51.3. The third kappa shape index (κ3) is 13.7. The number of carbonyl (C=O) groups excluding carboxylic acids is 3. The molecule has 8 saturated heterocycles. The Labute approximate surface area is 464 Å². The highest BCUT2D eigenvalue weighted by molar-refractivity contribution is 9.11. The molecule has 0 amide bonds. The second-order valence-corrected chi connectivity index (χ2v) is 37.0. The minimum atomic E-state index is -2.27. The fourth-order valence-corrected chi connectivity index (χ4v) is 15.1. The summed E-state index contributed by atoms with van der Waals surface area (Å²) in [6.45, 7) is 33.8. The Balaban J connectivity index is 0.980. The third-order valence-corrected chi connectivity index (χ3v) is 28.0. The maximum absolute atomic E-state index is 14.8. The first kappa shape index (κ1) is 60.1. The Hall–Kier alpha value is -1.98. The van der Waals surface area contributed by atoms with Crippen molar-refractivity contribution in [1.29, 1.82) is 0 Å². The van der Waals surface area contributed by atoms with Crippen molar-refractivity contribution in [3.63, 3.8) is 0 Å². The van der Waals surface area contributed by atoms with Crippen molar-refractivity contribution in [2.75, 3.05) is 13.7 Å². The number of Topliss-reactive ketones (excluding diaryl/α,β-unsaturated/α-hetero) is 1. The molecule has 0 aliphatic carbocycles. The Bertz CT molecular complexity index is 2200. The Kier molecular flexibility index (Phi) is 19.2. The summed E-state index contributed by atoms with van der Waals surface area (Å²) in [5, 5.41) is -0.0115. The lowest BCUT2D eigenvalue weighted by molar-refractivity contribution is -0.292. The molecule has 8 fully saturated rings. The van der Waals surface area contributed by atoms with Gasteiger partial charge in [0.1, 0.15) is 48.7 Å². The summed E-state index contributed by atoms with van der Waals surface area (Å²) < 4.78 is 75.6. The lowest BCUT2D eigenvalue weighted by Gasteiger charge is -2.47. The predicted molar refractivity (Wildman–Crippen MR) is 298 cm³/mol. The predicted octanol–water partition coefficient (Wildman–Crippen LogP) is 11.5. The lowest BCUT2D eigenvalue weighted by Crippen LogP contribution is -2.61. The van der Waals surface area contributed by atoms with E-state index in [1.165, 1.54) is 0 Å². The van der Waals surface area contributed by atoms with E-state index in [2.05, 4.69) is 104 Å². The largest absolute Gasteiger partial charge is 0.458 e. The maximum Gasteiger partial charge on any atom is 0.338 e. The van der Waals surface area contributed by atoms with Gasteiger partial charge in [-0.25, -0.2) is 4.79 Å². The monoisotopic (exact) mass is 1160 g/mol. The van der Waals surface area contributed by atoms with Crippen LogP contribution in [0.1, 0.15) is 142 Å². The van der Waals surface area contributed by atoms with E-state index in [0.717, 1.165) is 22.8 Å². The quantitative estimate of drug-likeness (QED) is 0.0417. The molecule has 76 heavy (non-hydrogen) atoms. The second-order valence-electron chi connectivity index (χ2n) is 26.3. The van der Waals surface area contributed by atoms with Gasteiger partial charge >= 0.3 is 5.97 Å². The van der Waals surface area contributed by atoms with Crippen molar-refractivity contribution in [2.45, 2.75) is 266 Å². The van der Waals surface area contributed by atoms with Crippen molar-refractivity contribution in [1.82, 2.24) is 0 Å². The summed E-state index contributed by atoms with van der Waals surface area (Å²) >= 11 is 3.50. The summed E-state index contributed by atoms with van der Waals surface area (Å²) in [5.74, 6) is -1.40. The molecule has 6 bridgehead atoms. The van der Waals surface area contributed by atoms with E-state index < -0.39 is 52.8 Å². The molecule has 426 valence electrons. The highest BCUT2D eigenvalue weighted by Gasteiger charge is 2.69. The molecule has 3 unspecified atom stereocenters. The number of carbonyl (C=O) groups is 3. The molecule has 0 N–H and O–H groups in total. The van der Waals surface area contributed by atoms with Gasteiger partial charge < -0.3 is 56.3 Å². The van der Waals surface area contributed by atoms with Crippen LogP contribution in [0.2, 0.25) is 36.3 Å². The number of fused-ring (bicyclic) bond motifs is 1. The smallest absolute Gasteiger partial charge is 0.338 e. The van der Waals surface area contributed by atoms with Gasteiger partial charge in [0.15, 0.2) is 22.4 Å². The molecule has 8 aliphatic rings. The molecule has 8 aliphatic heterocycles. The number of hydrogen-bond acceptors (Lipinski definition) is 14. The SMILES string of the molecule is C=C(Br)CC(CC[C@@]12C[C@H]3OC4[C@@H](O[C@H]5CC[C@H](CC(=O)C[C@@H]6[C@@H](OC)[C@@H](CC(CO[Si](C)(C)C(C)(C)C)O[Si](C)(C)C(C)(C)C)O[C@H]6C[C@H]6O[C@@H](CCC=O)C[C@@H](C)C6=C)O[C@@H]5[C@@H]4O1)[C@H]3O2)OC(=O)c1ccccc1. The molecular weight excluding hydrogens is 1070 g/mol. The summed E-state index contributed by atoms with van der Waals surface area (Å²) in [6, 6.07) is 8.99. The maximum atomic E-state index is 14.8. The minimum Gasteiger partial charge on any atom is -0.458 e. The van der Waals surface area contributed by atoms with Gasteiger partial charge in [-0.3, -0.25) is 4.79 Å². The highest BCUT2D eigenvalue weighted by atomic mass is 79.9. The molecule has 18 atom stereocenters. The van der Waals surface area contributed by atoms with Gasteiger partial charge in [-0.2, -0.15) is 0 Å². The van der Waals surface area contributed by atoms with Crippen LogP contribution in [0.5, 0.6) is 0 Å². The summed E-state index contributed by atoms with van der Waals surface area (Å²) in [7, 11) is -2.69. The Morgan fingerprint density at radius 2 is 1.53 bits per heavy atom. The number of methoxy groups -OCH3 is 1. The molecular formula is C59H91BrO14Si2. The number of aldehydes is 1. The van der Waals surface area contributed by atoms with Crippen molar-refractivity contribution in [2.24, 2.45) is 11.8 Å². The number of ketones is 1. The van der Waals surface area contributed by atoms with E-state index in [1.807, 2.05) is 18.2 Å². The van der Waals surface area contributed by atoms with Gasteiger partial charge in [0.2, 0.25) is 0 Å². The third-order valence-electron chi connectivity index (χ3n) is 18.7. The van der Waals surface area contributed by atoms with E-state index >= 15 is 0 Å². The molecule has 1 aromatic rings. The Morgan fingerprint density at radius 3 is 2.20 bits per heavy atom. The summed E-state index contributed by atoms with van der Waals surface area (Å²) in [4.78, 5) is 39.4. The summed E-state index contributed by atoms with van der Waals surface area (Å²) in [6.07, 6.45) is 2.60. The van der Waals surface area contributed by atoms with Gasteiger partial charge in [-0.15, -0.1) is 0 Å². The second kappa shape index (κ2) is 24.2. The van der Waals surface area contributed by atoms with Crippen molar-refractivity contribution in [3.05, 3.63) is 59.1 Å². The zero-order chi connectivity index (χ0) is 55.1. The van der Waals surface area contributed by atoms with Crippen molar-refractivity contribution < 1.29 is 65.9 Å². The van der Waals surface area contributed by atoms with Crippen LogP contribution in [0.15, 0.2) is 53.5 Å². The minimum absolute atomic E-state index is 0.0189. The number of benzene rings is 1. The lowest BCUT2D eigenvalue weighted by atomic mass is 9.81. The van der Waals surface area contributed by atoms with Gasteiger partial charge in [0.05, 0.1) is 67.1 Å². The summed E-state index contributed by atoms with van der Waals surface area (Å²) in [5.41, 5.74) is 1.49. The van der Waals surface area contributed by atoms with Crippen LogP contribution in [-0.4, -0.2) is 146 Å². The van der Waals surface area contributed by atoms with E-state index in [0.29, 0.717) is 76.4 Å². The molecule has 8 heterocycles.